The molecule has 28 heavy (non-hydrogen) atoms. The maximum Gasteiger partial charge on any atom is 0.423 e. The van der Waals surface area contributed by atoms with Crippen LogP contribution in [0.25, 0.3) is 0 Å². The molecule has 3 heterocycles. The molecule has 4 rings (SSSR count). The first kappa shape index (κ1) is 18.7. The van der Waals surface area contributed by atoms with Gasteiger partial charge in [0.2, 0.25) is 11.8 Å². The van der Waals surface area contributed by atoms with E-state index in [1.807, 2.05) is 0 Å². The summed E-state index contributed by atoms with van der Waals surface area (Å²) < 4.78 is 51.5. The Hall–Kier alpha value is -2.63. The molecule has 2 fully saturated rings. The number of hydrogen-bond acceptors (Lipinski definition) is 8. The smallest absolute Gasteiger partial charge is 0.423 e. The summed E-state index contributed by atoms with van der Waals surface area (Å²) >= 11 is 0. The molecule has 152 valence electrons. The second kappa shape index (κ2) is 7.41. The molecule has 0 aromatic carbocycles. The number of anilines is 1. The molecule has 12 heteroatoms. The lowest BCUT2D eigenvalue weighted by Gasteiger charge is -2.30. The van der Waals surface area contributed by atoms with E-state index in [0.717, 1.165) is 25.5 Å². The maximum atomic E-state index is 13.2. The van der Waals surface area contributed by atoms with Crippen LogP contribution in [0.15, 0.2) is 12.5 Å². The average Bonchev–Trinajstić information content (AvgIpc) is 3.04. The molecule has 9 nitrogen and oxygen atoms in total. The average molecular weight is 400 g/mol. The molecule has 2 aromatic rings. The predicted octanol–water partition coefficient (Wildman–Crippen LogP) is 2.17. The molecule has 1 aliphatic carbocycles. The van der Waals surface area contributed by atoms with E-state index < -0.39 is 23.7 Å². The minimum absolute atomic E-state index is 0.0249. The molecule has 2 aliphatic rings. The Morgan fingerprint density at radius 2 is 2.07 bits per heavy atom. The number of aromatic nitrogens is 5. The van der Waals surface area contributed by atoms with Gasteiger partial charge in [-0.25, -0.2) is 9.67 Å². The summed E-state index contributed by atoms with van der Waals surface area (Å²) in [7, 11) is 0. The zero-order valence-corrected chi connectivity index (χ0v) is 14.8. The monoisotopic (exact) mass is 400 g/mol. The number of rotatable bonds is 5. The van der Waals surface area contributed by atoms with Gasteiger partial charge in [-0.2, -0.15) is 23.1 Å². The molecule has 0 unspecified atom stereocenters. The van der Waals surface area contributed by atoms with Crippen LogP contribution in [-0.4, -0.2) is 55.2 Å². The summed E-state index contributed by atoms with van der Waals surface area (Å²) in [6, 6.07) is -0.318. The number of alkyl halides is 3. The van der Waals surface area contributed by atoms with E-state index >= 15 is 0 Å². The van der Waals surface area contributed by atoms with E-state index in [9.17, 15) is 18.3 Å². The molecular weight excluding hydrogens is 381 g/mol. The van der Waals surface area contributed by atoms with Gasteiger partial charge in [-0.1, -0.05) is 0 Å². The Labute approximate surface area is 157 Å². The summed E-state index contributed by atoms with van der Waals surface area (Å²) in [6.07, 6.45) is 0.362. The molecule has 0 amide bonds. The number of nitrogens with zero attached hydrogens (tertiary/aromatic N) is 5. The van der Waals surface area contributed by atoms with Gasteiger partial charge in [0.25, 0.3) is 0 Å². The van der Waals surface area contributed by atoms with Crippen molar-refractivity contribution in [2.24, 2.45) is 0 Å². The van der Waals surface area contributed by atoms with Gasteiger partial charge in [-0.15, -0.1) is 5.10 Å². The quantitative estimate of drug-likeness (QED) is 0.786. The Morgan fingerprint density at radius 1 is 1.25 bits per heavy atom. The van der Waals surface area contributed by atoms with Crippen LogP contribution in [-0.2, 0) is 10.9 Å². The largest absolute Gasteiger partial charge is 0.478 e. The first-order valence-corrected chi connectivity index (χ1v) is 8.94. The van der Waals surface area contributed by atoms with E-state index in [2.05, 4.69) is 25.4 Å². The van der Waals surface area contributed by atoms with Gasteiger partial charge >= 0.3 is 12.2 Å². The fourth-order valence-corrected chi connectivity index (χ4v) is 3.32. The Morgan fingerprint density at radius 3 is 2.71 bits per heavy atom. The van der Waals surface area contributed by atoms with Crippen molar-refractivity contribution in [2.75, 3.05) is 18.5 Å². The fraction of sp³-hybridized carbons (Fsp3) is 0.625. The Bertz CT molecular complexity index is 826. The van der Waals surface area contributed by atoms with Gasteiger partial charge in [0.1, 0.15) is 18.0 Å². The van der Waals surface area contributed by atoms with E-state index in [-0.39, 0.29) is 37.3 Å². The van der Waals surface area contributed by atoms with Gasteiger partial charge in [-0.3, -0.25) is 0 Å². The third kappa shape index (κ3) is 4.11. The van der Waals surface area contributed by atoms with Gasteiger partial charge in [0, 0.05) is 12.2 Å². The number of ether oxygens (including phenoxy) is 2. The van der Waals surface area contributed by atoms with E-state index in [4.69, 9.17) is 9.47 Å². The molecule has 0 spiro atoms. The molecule has 1 saturated carbocycles. The third-order valence-corrected chi connectivity index (χ3v) is 4.80. The topological polar surface area (TPSA) is 107 Å². The number of hydrogen-bond donors (Lipinski definition) is 2. The summed E-state index contributed by atoms with van der Waals surface area (Å²) in [6.45, 7) is 0.470. The summed E-state index contributed by atoms with van der Waals surface area (Å²) in [5, 5.41) is 16.3. The van der Waals surface area contributed by atoms with Crippen LogP contribution < -0.4 is 10.1 Å². The van der Waals surface area contributed by atoms with Gasteiger partial charge in [0.05, 0.1) is 19.3 Å². The molecule has 1 saturated heterocycles. The van der Waals surface area contributed by atoms with Crippen LogP contribution in [0.1, 0.15) is 37.3 Å². The van der Waals surface area contributed by atoms with Crippen LogP contribution in [0, 0.1) is 0 Å². The normalized spacial score (nSPS) is 23.2. The van der Waals surface area contributed by atoms with Crippen molar-refractivity contribution in [1.82, 2.24) is 24.7 Å². The zero-order chi connectivity index (χ0) is 19.7. The molecule has 2 atom stereocenters. The van der Waals surface area contributed by atoms with E-state index in [0.29, 0.717) is 6.42 Å². The van der Waals surface area contributed by atoms with Crippen molar-refractivity contribution < 1.29 is 27.8 Å². The van der Waals surface area contributed by atoms with Crippen molar-refractivity contribution >= 4 is 5.95 Å². The highest BCUT2D eigenvalue weighted by molar-refractivity contribution is 5.36. The van der Waals surface area contributed by atoms with Crippen molar-refractivity contribution in [1.29, 1.82) is 0 Å². The van der Waals surface area contributed by atoms with Crippen molar-refractivity contribution in [3.63, 3.8) is 0 Å². The first-order valence-electron chi connectivity index (χ1n) is 8.94. The third-order valence-electron chi connectivity index (χ3n) is 4.80. The highest BCUT2D eigenvalue weighted by atomic mass is 19.4. The molecule has 0 bridgehead atoms. The first-order chi connectivity index (χ1) is 13.4. The lowest BCUT2D eigenvalue weighted by Crippen LogP contribution is -2.39. The van der Waals surface area contributed by atoms with Gasteiger partial charge in [-0.05, 0) is 25.7 Å². The minimum Gasteiger partial charge on any atom is -0.478 e. The van der Waals surface area contributed by atoms with Crippen LogP contribution in [0.2, 0.25) is 0 Å². The summed E-state index contributed by atoms with van der Waals surface area (Å²) in [5.74, 6) is -0.415. The highest BCUT2D eigenvalue weighted by Crippen LogP contribution is 2.36. The summed E-state index contributed by atoms with van der Waals surface area (Å²) in [5.41, 5.74) is -1.01. The molecule has 2 N–H and O–H groups in total. The standard InChI is InChI=1S/C16H19F3N6O3/c17-16(18,19)12-5-20-14(23-13(12)28-11-6-27-7-11)22-9-2-1-3-10(4-9)25-8-21-15(26)24-25/h5,8-11H,1-4,6-7H2,(H,24,26)(H,20,22,23)/t9-,10+/m0/s1. The van der Waals surface area contributed by atoms with Crippen LogP contribution >= 0.6 is 0 Å². The minimum atomic E-state index is -4.61. The van der Waals surface area contributed by atoms with E-state index in [1.165, 1.54) is 6.33 Å². The highest BCUT2D eigenvalue weighted by Gasteiger charge is 2.38. The molecule has 0 radical (unpaired) electrons. The molecule has 1 aliphatic heterocycles. The molecule has 2 aromatic heterocycles. The number of halogens is 3. The van der Waals surface area contributed by atoms with Crippen LogP contribution in [0.3, 0.4) is 0 Å². The van der Waals surface area contributed by atoms with Gasteiger partial charge < -0.3 is 19.9 Å². The SMILES string of the molecule is Oc1ncn([C@@H]2CCC[C@H](Nc3ncc(C(F)(F)F)c(OC4COC4)n3)C2)n1. The lowest BCUT2D eigenvalue weighted by atomic mass is 9.91. The summed E-state index contributed by atoms with van der Waals surface area (Å²) in [4.78, 5) is 11.5. The maximum absolute atomic E-state index is 13.2. The second-order valence-electron chi connectivity index (χ2n) is 6.87. The number of aromatic hydroxyl groups is 1. The van der Waals surface area contributed by atoms with Crippen LogP contribution in [0.4, 0.5) is 19.1 Å². The fourth-order valence-electron chi connectivity index (χ4n) is 3.32. The Balaban J connectivity index is 1.48. The zero-order valence-electron chi connectivity index (χ0n) is 14.8. The van der Waals surface area contributed by atoms with E-state index in [1.54, 1.807) is 4.68 Å². The van der Waals surface area contributed by atoms with Crippen LogP contribution in [0.5, 0.6) is 11.9 Å². The number of nitrogens with one attached hydrogen (secondary N) is 1. The van der Waals surface area contributed by atoms with Crippen molar-refractivity contribution in [2.45, 2.75) is 50.0 Å². The lowest BCUT2D eigenvalue weighted by molar-refractivity contribution is -0.142. The second-order valence-corrected chi connectivity index (χ2v) is 6.87. The van der Waals surface area contributed by atoms with Crippen molar-refractivity contribution in [3.05, 3.63) is 18.1 Å². The van der Waals surface area contributed by atoms with Gasteiger partial charge in [0.15, 0.2) is 0 Å². The predicted molar refractivity (Wildman–Crippen MR) is 88.9 cm³/mol. The Kier molecular flexibility index (Phi) is 4.96. The van der Waals surface area contributed by atoms with Crippen molar-refractivity contribution in [3.8, 4) is 11.9 Å². The molecular formula is C16H19F3N6O3.